The molecule has 2 fully saturated rings. The van der Waals surface area contributed by atoms with E-state index < -0.39 is 33.4 Å². The van der Waals surface area contributed by atoms with Gasteiger partial charge in [-0.15, -0.1) is 0 Å². The maximum Gasteiger partial charge on any atom is 0.416 e. The summed E-state index contributed by atoms with van der Waals surface area (Å²) >= 11 is 5.86. The summed E-state index contributed by atoms with van der Waals surface area (Å²) in [5.41, 5.74) is -2.05. The van der Waals surface area contributed by atoms with Gasteiger partial charge in [0.2, 0.25) is 10.0 Å². The molecule has 0 aliphatic carbocycles. The molecule has 2 aromatic carbocycles. The molecule has 0 unspecified atom stereocenters. The number of carbonyl (C=O) groups is 1. The van der Waals surface area contributed by atoms with Gasteiger partial charge in [-0.1, -0.05) is 17.7 Å². The molecule has 4 rings (SSSR count). The lowest BCUT2D eigenvalue weighted by molar-refractivity contribution is -0.137. The number of hydrogen-bond acceptors (Lipinski definition) is 4. The zero-order chi connectivity index (χ0) is 23.1. The summed E-state index contributed by atoms with van der Waals surface area (Å²) in [5.74, 6) is -0.531. The van der Waals surface area contributed by atoms with Crippen LogP contribution in [0.3, 0.4) is 0 Å². The van der Waals surface area contributed by atoms with E-state index in [2.05, 4.69) is 0 Å². The Bertz CT molecular complexity index is 1110. The summed E-state index contributed by atoms with van der Waals surface area (Å²) in [6.07, 6.45) is -4.12. The number of piperidine rings is 1. The fraction of sp³-hybridized carbons (Fsp3) is 0.381. The van der Waals surface area contributed by atoms with Crippen LogP contribution in [0.15, 0.2) is 53.4 Å². The minimum atomic E-state index is -4.55. The van der Waals surface area contributed by atoms with Crippen molar-refractivity contribution in [2.45, 2.75) is 29.6 Å². The van der Waals surface area contributed by atoms with E-state index in [0.29, 0.717) is 5.02 Å². The lowest BCUT2D eigenvalue weighted by atomic mass is 9.99. The van der Waals surface area contributed by atoms with Crippen LogP contribution in [0.2, 0.25) is 5.02 Å². The Hall–Kier alpha value is -2.14. The summed E-state index contributed by atoms with van der Waals surface area (Å²) in [6.45, 7) is 0.699. The smallest absolute Gasteiger partial charge is 0.358 e. The van der Waals surface area contributed by atoms with Gasteiger partial charge in [-0.05, 0) is 42.5 Å². The monoisotopic (exact) mass is 488 g/mol. The molecule has 32 heavy (non-hydrogen) atoms. The molecule has 2 aromatic rings. The van der Waals surface area contributed by atoms with Crippen LogP contribution in [0.25, 0.3) is 0 Å². The van der Waals surface area contributed by atoms with Crippen molar-refractivity contribution in [3.05, 3.63) is 64.7 Å². The van der Waals surface area contributed by atoms with E-state index in [4.69, 9.17) is 16.3 Å². The predicted molar refractivity (Wildman–Crippen MR) is 111 cm³/mol. The standard InChI is InChI=1S/C21H20ClF3N2O4S/c22-17-4-6-18(7-5-17)32(29,30)27-12-13-31-20(27)8-10-26(11-9-20)19(28)15-2-1-3-16(14-15)21(23,24)25/h1-7,14H,8-13H2. The molecule has 172 valence electrons. The van der Waals surface area contributed by atoms with Gasteiger partial charge in [-0.2, -0.15) is 17.5 Å². The number of carbonyl (C=O) groups excluding carboxylic acids is 1. The SMILES string of the molecule is O=C(c1cccc(C(F)(F)F)c1)N1CCC2(CC1)OCCN2S(=O)(=O)c1ccc(Cl)cc1. The minimum Gasteiger partial charge on any atom is -0.358 e. The maximum absolute atomic E-state index is 13.2. The molecule has 0 aromatic heterocycles. The first-order valence-electron chi connectivity index (χ1n) is 9.92. The fourth-order valence-electron chi connectivity index (χ4n) is 4.13. The number of amides is 1. The molecule has 1 amide bonds. The topological polar surface area (TPSA) is 66.9 Å². The van der Waals surface area contributed by atoms with Crippen molar-refractivity contribution in [2.75, 3.05) is 26.2 Å². The molecule has 2 aliphatic heterocycles. The molecule has 0 N–H and O–H groups in total. The Morgan fingerprint density at radius 2 is 1.69 bits per heavy atom. The first-order valence-corrected chi connectivity index (χ1v) is 11.7. The Balaban J connectivity index is 1.51. The Labute approximate surface area is 188 Å². The quantitative estimate of drug-likeness (QED) is 0.654. The van der Waals surface area contributed by atoms with E-state index in [-0.39, 0.29) is 49.5 Å². The average Bonchev–Trinajstić information content (AvgIpc) is 3.17. The van der Waals surface area contributed by atoms with Gasteiger partial charge in [0.25, 0.3) is 5.91 Å². The van der Waals surface area contributed by atoms with Crippen molar-refractivity contribution < 1.29 is 31.1 Å². The third kappa shape index (κ3) is 4.24. The van der Waals surface area contributed by atoms with Crippen molar-refractivity contribution >= 4 is 27.5 Å². The second-order valence-corrected chi connectivity index (χ2v) is 10.00. The third-order valence-electron chi connectivity index (χ3n) is 5.79. The number of likely N-dealkylation sites (tertiary alicyclic amines) is 1. The predicted octanol–water partition coefficient (Wildman–Crippen LogP) is 4.01. The number of rotatable bonds is 3. The molecular formula is C21H20ClF3N2O4S. The summed E-state index contributed by atoms with van der Waals surface area (Å²) in [4.78, 5) is 14.3. The lowest BCUT2D eigenvalue weighted by Crippen LogP contribution is -2.55. The first-order chi connectivity index (χ1) is 15.0. The summed E-state index contributed by atoms with van der Waals surface area (Å²) in [7, 11) is -3.85. The number of sulfonamides is 1. The normalized spacial score (nSPS) is 19.4. The van der Waals surface area contributed by atoms with Crippen LogP contribution >= 0.6 is 11.6 Å². The second-order valence-electron chi connectivity index (χ2n) is 7.70. The third-order valence-corrected chi connectivity index (χ3v) is 8.01. The van der Waals surface area contributed by atoms with Crippen molar-refractivity contribution in [2.24, 2.45) is 0 Å². The molecule has 0 bridgehead atoms. The Morgan fingerprint density at radius 3 is 2.31 bits per heavy atom. The van der Waals surface area contributed by atoms with Crippen LogP contribution in [-0.2, 0) is 20.9 Å². The second kappa shape index (κ2) is 8.33. The largest absolute Gasteiger partial charge is 0.416 e. The fourth-order valence-corrected chi connectivity index (χ4v) is 5.98. The molecule has 6 nitrogen and oxygen atoms in total. The van der Waals surface area contributed by atoms with Crippen molar-refractivity contribution in [3.63, 3.8) is 0 Å². The van der Waals surface area contributed by atoms with Gasteiger partial charge in [-0.3, -0.25) is 4.79 Å². The molecule has 2 heterocycles. The van der Waals surface area contributed by atoms with Gasteiger partial charge in [0.15, 0.2) is 0 Å². The van der Waals surface area contributed by atoms with Crippen molar-refractivity contribution in [3.8, 4) is 0 Å². The molecule has 0 radical (unpaired) electrons. The van der Waals surface area contributed by atoms with Gasteiger partial charge in [0.05, 0.1) is 17.1 Å². The van der Waals surface area contributed by atoms with E-state index in [0.717, 1.165) is 12.1 Å². The molecule has 0 saturated carbocycles. The highest BCUT2D eigenvalue weighted by atomic mass is 35.5. The number of alkyl halides is 3. The summed E-state index contributed by atoms with van der Waals surface area (Å²) in [5, 5.41) is 0.415. The molecule has 11 heteroatoms. The first kappa shape index (κ1) is 23.0. The van der Waals surface area contributed by atoms with Gasteiger partial charge in [0, 0.05) is 43.1 Å². The highest BCUT2D eigenvalue weighted by molar-refractivity contribution is 7.89. The van der Waals surface area contributed by atoms with E-state index in [9.17, 15) is 26.4 Å². The maximum atomic E-state index is 13.2. The molecule has 0 atom stereocenters. The molecular weight excluding hydrogens is 469 g/mol. The van der Waals surface area contributed by atoms with Crippen LogP contribution in [0.1, 0.15) is 28.8 Å². The molecule has 2 saturated heterocycles. The van der Waals surface area contributed by atoms with Crippen LogP contribution in [0.4, 0.5) is 13.2 Å². The number of nitrogens with zero attached hydrogens (tertiary/aromatic N) is 2. The summed E-state index contributed by atoms with van der Waals surface area (Å²) < 4.78 is 72.5. The van der Waals surface area contributed by atoms with E-state index in [1.807, 2.05) is 0 Å². The van der Waals surface area contributed by atoms with Crippen LogP contribution < -0.4 is 0 Å². The van der Waals surface area contributed by atoms with Crippen molar-refractivity contribution in [1.29, 1.82) is 0 Å². The number of benzene rings is 2. The Kier molecular flexibility index (Phi) is 6.00. The van der Waals surface area contributed by atoms with Crippen LogP contribution in [0, 0.1) is 0 Å². The Morgan fingerprint density at radius 1 is 1.03 bits per heavy atom. The number of halogens is 4. The zero-order valence-corrected chi connectivity index (χ0v) is 18.4. The number of hydrogen-bond donors (Lipinski definition) is 0. The lowest BCUT2D eigenvalue weighted by Gasteiger charge is -2.42. The minimum absolute atomic E-state index is 0.0613. The molecule has 1 spiro atoms. The van der Waals surface area contributed by atoms with Gasteiger partial charge in [-0.25, -0.2) is 8.42 Å². The van der Waals surface area contributed by atoms with Gasteiger partial charge in [0.1, 0.15) is 5.72 Å². The van der Waals surface area contributed by atoms with Crippen LogP contribution in [-0.4, -0.2) is 55.5 Å². The van der Waals surface area contributed by atoms with Crippen LogP contribution in [0.5, 0.6) is 0 Å². The van der Waals surface area contributed by atoms with E-state index in [1.165, 1.54) is 45.6 Å². The van der Waals surface area contributed by atoms with Gasteiger partial charge >= 0.3 is 6.18 Å². The zero-order valence-electron chi connectivity index (χ0n) is 16.8. The number of ether oxygens (including phenoxy) is 1. The van der Waals surface area contributed by atoms with Gasteiger partial charge < -0.3 is 9.64 Å². The average molecular weight is 489 g/mol. The summed E-state index contributed by atoms with van der Waals surface area (Å²) in [6, 6.07) is 10.1. The highest BCUT2D eigenvalue weighted by Crippen LogP contribution is 2.39. The van der Waals surface area contributed by atoms with Crippen molar-refractivity contribution in [1.82, 2.24) is 9.21 Å². The highest BCUT2D eigenvalue weighted by Gasteiger charge is 2.51. The molecule has 2 aliphatic rings. The van der Waals surface area contributed by atoms with E-state index >= 15 is 0 Å². The van der Waals surface area contributed by atoms with E-state index in [1.54, 1.807) is 0 Å².